The number of fused-ring (bicyclic) bond motifs is 1. The van der Waals surface area contributed by atoms with Crippen LogP contribution >= 0.6 is 0 Å². The Labute approximate surface area is 98.7 Å². The summed E-state index contributed by atoms with van der Waals surface area (Å²) in [5.74, 6) is 0. The molecular weight excluding hydrogens is 212 g/mol. The van der Waals surface area contributed by atoms with E-state index in [0.29, 0.717) is 6.54 Å². The largest absolute Gasteiger partial charge is 0.326 e. The van der Waals surface area contributed by atoms with E-state index in [1.807, 2.05) is 35.0 Å². The summed E-state index contributed by atoms with van der Waals surface area (Å²) in [7, 11) is 0. The Bertz CT molecular complexity index is 640. The highest BCUT2D eigenvalue weighted by atomic mass is 15.3. The van der Waals surface area contributed by atoms with Gasteiger partial charge in [-0.3, -0.25) is 4.98 Å². The first-order chi connectivity index (χ1) is 8.38. The van der Waals surface area contributed by atoms with Crippen LogP contribution in [-0.2, 0) is 6.54 Å². The van der Waals surface area contributed by atoms with Crippen molar-refractivity contribution in [2.45, 2.75) is 6.54 Å². The monoisotopic (exact) mass is 223 g/mol. The highest BCUT2D eigenvalue weighted by Crippen LogP contribution is 2.16. The number of benzene rings is 1. The number of pyridine rings is 1. The molecule has 4 heteroatoms. The summed E-state index contributed by atoms with van der Waals surface area (Å²) in [4.78, 5) is 4.10. The number of rotatable bonds is 2. The normalized spacial score (nSPS) is 10.9. The first kappa shape index (κ1) is 9.99. The first-order valence-electron chi connectivity index (χ1n) is 5.38. The number of nitrogens with zero attached hydrogens (tertiary/aromatic N) is 3. The van der Waals surface area contributed by atoms with Gasteiger partial charge in [0.2, 0.25) is 0 Å². The van der Waals surface area contributed by atoms with Crippen molar-refractivity contribution in [3.63, 3.8) is 0 Å². The molecular formula is C13H11N4. The van der Waals surface area contributed by atoms with Crippen molar-refractivity contribution in [3.05, 3.63) is 54.5 Å². The molecule has 0 unspecified atom stereocenters. The van der Waals surface area contributed by atoms with Crippen LogP contribution in [0.4, 0.5) is 0 Å². The molecule has 0 saturated carbocycles. The molecule has 2 aromatic heterocycles. The Kier molecular flexibility index (Phi) is 2.34. The Morgan fingerprint density at radius 1 is 1.18 bits per heavy atom. The minimum Gasteiger partial charge on any atom is -0.326 e. The molecule has 0 bridgehead atoms. The molecule has 1 aromatic carbocycles. The van der Waals surface area contributed by atoms with E-state index in [0.717, 1.165) is 22.2 Å². The van der Waals surface area contributed by atoms with Crippen LogP contribution in [0.2, 0.25) is 0 Å². The molecule has 17 heavy (non-hydrogen) atoms. The van der Waals surface area contributed by atoms with Crippen LogP contribution in [0.5, 0.6) is 0 Å². The summed E-state index contributed by atoms with van der Waals surface area (Å²) in [6.07, 6.45) is 6.49. The lowest BCUT2D eigenvalue weighted by molar-refractivity contribution is 0.902. The molecule has 2 N–H and O–H groups in total. The summed E-state index contributed by atoms with van der Waals surface area (Å²) in [5.41, 5.74) is 8.61. The Balaban J connectivity index is 2.13. The SMILES string of the molecule is NCc1ccc(-n2n[c]c3ccncc32)cc1. The predicted octanol–water partition coefficient (Wildman–Crippen LogP) is 1.68. The molecule has 3 rings (SSSR count). The van der Waals surface area contributed by atoms with Crippen LogP contribution in [0, 0.1) is 6.20 Å². The topological polar surface area (TPSA) is 56.7 Å². The van der Waals surface area contributed by atoms with Gasteiger partial charge >= 0.3 is 0 Å². The molecule has 0 aliphatic rings. The van der Waals surface area contributed by atoms with E-state index >= 15 is 0 Å². The van der Waals surface area contributed by atoms with Crippen molar-refractivity contribution >= 4 is 10.9 Å². The zero-order chi connectivity index (χ0) is 11.7. The summed E-state index contributed by atoms with van der Waals surface area (Å²) in [5, 5.41) is 5.20. The third-order valence-electron chi connectivity index (χ3n) is 2.72. The van der Waals surface area contributed by atoms with E-state index in [1.165, 1.54) is 0 Å². The minimum atomic E-state index is 0.549. The van der Waals surface area contributed by atoms with Gasteiger partial charge in [-0.2, -0.15) is 5.10 Å². The number of nitrogens with two attached hydrogens (primary N) is 1. The summed E-state index contributed by atoms with van der Waals surface area (Å²) in [6.45, 7) is 0.549. The maximum atomic E-state index is 5.57. The van der Waals surface area contributed by atoms with Crippen molar-refractivity contribution in [2.24, 2.45) is 5.73 Å². The fraction of sp³-hybridized carbons (Fsp3) is 0.0769. The molecule has 3 aromatic rings. The molecule has 0 amide bonds. The second kappa shape index (κ2) is 3.99. The van der Waals surface area contributed by atoms with E-state index in [2.05, 4.69) is 16.3 Å². The standard InChI is InChI=1S/C13H11N4/c14-7-10-1-3-12(4-2-10)17-13-9-15-6-5-11(13)8-16-17/h1-6,9H,7,14H2. The van der Waals surface area contributed by atoms with Gasteiger partial charge in [0.25, 0.3) is 0 Å². The van der Waals surface area contributed by atoms with Gasteiger partial charge in [-0.15, -0.1) is 0 Å². The van der Waals surface area contributed by atoms with Gasteiger partial charge in [0.15, 0.2) is 0 Å². The Hall–Kier alpha value is -2.20. The average Bonchev–Trinajstić information content (AvgIpc) is 2.83. The molecule has 0 saturated heterocycles. The summed E-state index contributed by atoms with van der Waals surface area (Å²) < 4.78 is 1.82. The zero-order valence-electron chi connectivity index (χ0n) is 9.17. The second-order valence-corrected chi connectivity index (χ2v) is 3.79. The zero-order valence-corrected chi connectivity index (χ0v) is 9.17. The van der Waals surface area contributed by atoms with Crippen molar-refractivity contribution in [1.82, 2.24) is 14.8 Å². The number of hydrogen-bond acceptors (Lipinski definition) is 3. The van der Waals surface area contributed by atoms with Gasteiger partial charge in [-0.1, -0.05) is 12.1 Å². The molecule has 0 aliphatic heterocycles. The quantitative estimate of drug-likeness (QED) is 0.719. The first-order valence-corrected chi connectivity index (χ1v) is 5.38. The number of hydrogen-bond donors (Lipinski definition) is 1. The minimum absolute atomic E-state index is 0.549. The van der Waals surface area contributed by atoms with Gasteiger partial charge in [0, 0.05) is 18.1 Å². The molecule has 0 aliphatic carbocycles. The lowest BCUT2D eigenvalue weighted by atomic mass is 10.2. The van der Waals surface area contributed by atoms with Gasteiger partial charge in [0.05, 0.1) is 17.4 Å². The smallest absolute Gasteiger partial charge is 0.122 e. The van der Waals surface area contributed by atoms with Crippen molar-refractivity contribution in [1.29, 1.82) is 0 Å². The Morgan fingerprint density at radius 2 is 2.00 bits per heavy atom. The predicted molar refractivity (Wildman–Crippen MR) is 65.6 cm³/mol. The maximum Gasteiger partial charge on any atom is 0.122 e. The molecule has 0 spiro atoms. The molecule has 0 atom stereocenters. The van der Waals surface area contributed by atoms with Crippen LogP contribution < -0.4 is 5.73 Å². The van der Waals surface area contributed by atoms with Crippen molar-refractivity contribution in [3.8, 4) is 5.69 Å². The highest BCUT2D eigenvalue weighted by Gasteiger charge is 2.04. The van der Waals surface area contributed by atoms with E-state index in [4.69, 9.17) is 5.73 Å². The lowest BCUT2D eigenvalue weighted by Crippen LogP contribution is -1.99. The molecule has 4 nitrogen and oxygen atoms in total. The highest BCUT2D eigenvalue weighted by molar-refractivity contribution is 5.78. The van der Waals surface area contributed by atoms with Crippen LogP contribution in [0.1, 0.15) is 5.56 Å². The van der Waals surface area contributed by atoms with E-state index in [9.17, 15) is 0 Å². The van der Waals surface area contributed by atoms with Gasteiger partial charge < -0.3 is 5.73 Å². The van der Waals surface area contributed by atoms with E-state index in [-0.39, 0.29) is 0 Å². The van der Waals surface area contributed by atoms with E-state index < -0.39 is 0 Å². The molecule has 2 heterocycles. The van der Waals surface area contributed by atoms with Crippen LogP contribution in [0.3, 0.4) is 0 Å². The van der Waals surface area contributed by atoms with Gasteiger partial charge in [0.1, 0.15) is 6.20 Å². The third-order valence-corrected chi connectivity index (χ3v) is 2.72. The van der Waals surface area contributed by atoms with Gasteiger partial charge in [-0.25, -0.2) is 4.68 Å². The fourth-order valence-corrected chi connectivity index (χ4v) is 1.78. The van der Waals surface area contributed by atoms with Crippen molar-refractivity contribution in [2.75, 3.05) is 0 Å². The van der Waals surface area contributed by atoms with Crippen molar-refractivity contribution < 1.29 is 0 Å². The lowest BCUT2D eigenvalue weighted by Gasteiger charge is -2.04. The fourth-order valence-electron chi connectivity index (χ4n) is 1.78. The molecule has 1 radical (unpaired) electrons. The summed E-state index contributed by atoms with van der Waals surface area (Å²) in [6, 6.07) is 9.89. The summed E-state index contributed by atoms with van der Waals surface area (Å²) >= 11 is 0. The van der Waals surface area contributed by atoms with Crippen LogP contribution in [-0.4, -0.2) is 14.8 Å². The number of aromatic nitrogens is 3. The van der Waals surface area contributed by atoms with Crippen LogP contribution in [0.15, 0.2) is 42.7 Å². The van der Waals surface area contributed by atoms with Gasteiger partial charge in [-0.05, 0) is 23.8 Å². The second-order valence-electron chi connectivity index (χ2n) is 3.79. The molecule has 0 fully saturated rings. The maximum absolute atomic E-state index is 5.57. The van der Waals surface area contributed by atoms with E-state index in [1.54, 1.807) is 12.4 Å². The molecule has 83 valence electrons. The van der Waals surface area contributed by atoms with Crippen LogP contribution in [0.25, 0.3) is 16.6 Å². The Morgan fingerprint density at radius 3 is 2.76 bits per heavy atom. The average molecular weight is 223 g/mol. The third kappa shape index (κ3) is 1.68.